The molecule has 1 aromatic heterocycles. The van der Waals surface area contributed by atoms with Crippen LogP contribution in [0.25, 0.3) is 0 Å². The zero-order valence-electron chi connectivity index (χ0n) is 13.6. The molecular formula is C20H18N4S. The van der Waals surface area contributed by atoms with Gasteiger partial charge in [0, 0.05) is 35.6 Å². The van der Waals surface area contributed by atoms with Crippen LogP contribution in [0.2, 0.25) is 0 Å². The van der Waals surface area contributed by atoms with Gasteiger partial charge in [0.2, 0.25) is 0 Å². The molecule has 1 aliphatic carbocycles. The van der Waals surface area contributed by atoms with Gasteiger partial charge in [0.05, 0.1) is 6.21 Å². The molecule has 2 aliphatic rings. The van der Waals surface area contributed by atoms with Gasteiger partial charge in [0.15, 0.2) is 0 Å². The van der Waals surface area contributed by atoms with Crippen LogP contribution >= 0.6 is 11.8 Å². The molecule has 4 rings (SSSR count). The molecule has 1 aromatic carbocycles. The Kier molecular flexibility index (Phi) is 5.96. The number of hydrogen-bond acceptors (Lipinski definition) is 5. The molecule has 4 nitrogen and oxygen atoms in total. The maximum Gasteiger partial charge on any atom is 0.108 e. The predicted molar refractivity (Wildman–Crippen MR) is 107 cm³/mol. The van der Waals surface area contributed by atoms with Crippen LogP contribution in [0, 0.1) is 0 Å². The summed E-state index contributed by atoms with van der Waals surface area (Å²) < 4.78 is 0. The summed E-state index contributed by atoms with van der Waals surface area (Å²) in [4.78, 5) is 9.91. The maximum absolute atomic E-state index is 4.90. The lowest BCUT2D eigenvalue weighted by atomic mass is 10.2. The highest BCUT2D eigenvalue weighted by molar-refractivity contribution is 8.17. The summed E-state index contributed by atoms with van der Waals surface area (Å²) in [6, 6.07) is 14.1. The highest BCUT2D eigenvalue weighted by atomic mass is 32.2. The van der Waals surface area contributed by atoms with E-state index >= 15 is 0 Å². The summed E-state index contributed by atoms with van der Waals surface area (Å²) in [5.74, 6) is 4.90. The number of nitrogens with zero attached hydrogens (tertiary/aromatic N) is 3. The van der Waals surface area contributed by atoms with Crippen molar-refractivity contribution in [3.63, 3.8) is 0 Å². The number of aliphatic imine (C=N–C) groups is 1. The number of fused-ring (bicyclic) bond motifs is 2. The molecule has 0 atom stereocenters. The number of hydrogen-bond donors (Lipinski definition) is 1. The van der Waals surface area contributed by atoms with Crippen molar-refractivity contribution in [2.45, 2.75) is 6.42 Å². The Morgan fingerprint density at radius 1 is 1.04 bits per heavy atom. The average Bonchev–Trinajstić information content (AvgIpc) is 2.84. The minimum Gasteiger partial charge on any atom is -0.323 e. The third kappa shape index (κ3) is 5.02. The molecule has 0 spiro atoms. The van der Waals surface area contributed by atoms with Crippen molar-refractivity contribution in [3.8, 4) is 0 Å². The summed E-state index contributed by atoms with van der Waals surface area (Å²) >= 11 is 1.77. The zero-order valence-corrected chi connectivity index (χ0v) is 14.4. The van der Waals surface area contributed by atoms with Gasteiger partial charge in [-0.15, -0.1) is 0 Å². The highest BCUT2D eigenvalue weighted by Gasteiger charge is 2.16. The van der Waals surface area contributed by atoms with Gasteiger partial charge in [-0.25, -0.2) is 4.99 Å². The third-order valence-electron chi connectivity index (χ3n) is 3.44. The summed E-state index contributed by atoms with van der Waals surface area (Å²) in [7, 11) is 0. The van der Waals surface area contributed by atoms with E-state index in [0.717, 1.165) is 22.7 Å². The topological polar surface area (TPSA) is 63.6 Å². The lowest BCUT2D eigenvalue weighted by Crippen LogP contribution is -2.02. The first-order valence-electron chi connectivity index (χ1n) is 7.87. The summed E-state index contributed by atoms with van der Waals surface area (Å²) in [6.45, 7) is 0. The number of thioether (sulfide) groups is 1. The lowest BCUT2D eigenvalue weighted by molar-refractivity contribution is 1.15. The molecule has 0 saturated heterocycles. The normalized spacial score (nSPS) is 15.4. The number of nitrogens with two attached hydrogens (primary N) is 1. The quantitative estimate of drug-likeness (QED) is 0.501. The first-order valence-corrected chi connectivity index (χ1v) is 8.68. The largest absolute Gasteiger partial charge is 0.323 e. The first kappa shape index (κ1) is 16.9. The van der Waals surface area contributed by atoms with Gasteiger partial charge in [-0.2, -0.15) is 5.10 Å². The highest BCUT2D eigenvalue weighted by Crippen LogP contribution is 2.35. The minimum absolute atomic E-state index is 0.917. The fraction of sp³-hybridized carbons (Fsp3) is 0.0500. The van der Waals surface area contributed by atoms with E-state index < -0.39 is 0 Å². The van der Waals surface area contributed by atoms with E-state index in [1.165, 1.54) is 10.5 Å². The molecule has 2 bridgehead atoms. The van der Waals surface area contributed by atoms with Gasteiger partial charge in [0.25, 0.3) is 0 Å². The van der Waals surface area contributed by atoms with Gasteiger partial charge < -0.3 is 5.84 Å². The van der Waals surface area contributed by atoms with E-state index in [-0.39, 0.29) is 0 Å². The summed E-state index contributed by atoms with van der Waals surface area (Å²) in [5, 5.41) is 4.45. The van der Waals surface area contributed by atoms with E-state index in [1.54, 1.807) is 30.4 Å². The number of benzene rings is 1. The number of allylic oxidation sites excluding steroid dienone is 5. The fourth-order valence-electron chi connectivity index (χ4n) is 2.29. The smallest absolute Gasteiger partial charge is 0.108 e. The Hall–Kier alpha value is -2.92. The maximum atomic E-state index is 4.90. The Bertz CT molecular complexity index is 850. The second kappa shape index (κ2) is 8.80. The molecule has 0 fully saturated rings. The van der Waals surface area contributed by atoms with Gasteiger partial charge >= 0.3 is 0 Å². The zero-order chi connectivity index (χ0) is 17.3. The van der Waals surface area contributed by atoms with Crippen LogP contribution < -0.4 is 5.84 Å². The van der Waals surface area contributed by atoms with Crippen LogP contribution in [-0.4, -0.2) is 16.2 Å². The van der Waals surface area contributed by atoms with Gasteiger partial charge in [-0.3, -0.25) is 4.98 Å². The molecule has 2 N–H and O–H groups in total. The molecule has 0 amide bonds. The van der Waals surface area contributed by atoms with Crippen LogP contribution in [-0.2, 0) is 0 Å². The van der Waals surface area contributed by atoms with E-state index in [2.05, 4.69) is 63.6 Å². The lowest BCUT2D eigenvalue weighted by Gasteiger charge is -2.15. The Morgan fingerprint density at radius 3 is 2.64 bits per heavy atom. The van der Waals surface area contributed by atoms with Gasteiger partial charge in [-0.05, 0) is 17.0 Å². The fourth-order valence-corrected chi connectivity index (χ4v) is 3.32. The van der Waals surface area contributed by atoms with Crippen LogP contribution in [0.4, 0.5) is 0 Å². The van der Waals surface area contributed by atoms with Crippen molar-refractivity contribution in [3.05, 3.63) is 101 Å². The van der Waals surface area contributed by atoms with Crippen LogP contribution in [0.3, 0.4) is 0 Å². The molecule has 2 heterocycles. The number of pyridine rings is 1. The molecule has 1 aliphatic heterocycles. The molecule has 0 radical (unpaired) electrons. The monoisotopic (exact) mass is 346 g/mol. The molecule has 124 valence electrons. The molecule has 25 heavy (non-hydrogen) atoms. The van der Waals surface area contributed by atoms with E-state index in [0.29, 0.717) is 0 Å². The molecule has 5 heteroatoms. The Labute approximate surface area is 151 Å². The second-order valence-corrected chi connectivity index (χ2v) is 6.42. The number of aromatic nitrogens is 1. The van der Waals surface area contributed by atoms with Gasteiger partial charge in [0.1, 0.15) is 5.04 Å². The van der Waals surface area contributed by atoms with Crippen LogP contribution in [0.15, 0.2) is 99.9 Å². The third-order valence-corrected chi connectivity index (χ3v) is 4.50. The van der Waals surface area contributed by atoms with Crippen molar-refractivity contribution in [2.24, 2.45) is 15.9 Å². The van der Waals surface area contributed by atoms with Crippen molar-refractivity contribution >= 4 is 23.0 Å². The van der Waals surface area contributed by atoms with Crippen LogP contribution in [0.1, 0.15) is 17.5 Å². The Morgan fingerprint density at radius 2 is 1.88 bits per heavy atom. The molecule has 2 aromatic rings. The molecular weight excluding hydrogens is 328 g/mol. The number of hydrazone groups is 1. The standard InChI is InChI=1S/C14H11NS.C6H7N3/c1-2-6-11(7-3-1)14-15-12-8-4-5-9-13(10-12)16-14;7-9-5-6-2-1-3-8-4-6/h1-9H,10H2;1-5H,7H2/b;9-5-. The number of rotatable bonds is 2. The van der Waals surface area contributed by atoms with Gasteiger partial charge in [-0.1, -0.05) is 66.4 Å². The summed E-state index contributed by atoms with van der Waals surface area (Å²) in [5.41, 5.74) is 3.27. The first-order chi connectivity index (χ1) is 12.3. The van der Waals surface area contributed by atoms with E-state index in [1.807, 2.05) is 18.2 Å². The second-order valence-electron chi connectivity index (χ2n) is 5.30. The average molecular weight is 346 g/mol. The van der Waals surface area contributed by atoms with E-state index in [4.69, 9.17) is 5.84 Å². The predicted octanol–water partition coefficient (Wildman–Crippen LogP) is 4.28. The molecule has 0 saturated carbocycles. The molecule has 0 unspecified atom stereocenters. The summed E-state index contributed by atoms with van der Waals surface area (Å²) in [6.07, 6.45) is 14.3. The Balaban J connectivity index is 0.000000173. The van der Waals surface area contributed by atoms with Crippen LogP contribution in [0.5, 0.6) is 0 Å². The van der Waals surface area contributed by atoms with Crippen molar-refractivity contribution < 1.29 is 0 Å². The minimum atomic E-state index is 0.917. The van der Waals surface area contributed by atoms with Crippen molar-refractivity contribution in [1.29, 1.82) is 0 Å². The van der Waals surface area contributed by atoms with Crippen molar-refractivity contribution in [2.75, 3.05) is 0 Å². The van der Waals surface area contributed by atoms with E-state index in [9.17, 15) is 0 Å². The SMILES string of the molecule is C1=CC=C2CC(=C1)N=C(c1ccccc1)S2.N/N=C\c1cccnc1. The van der Waals surface area contributed by atoms with Crippen molar-refractivity contribution in [1.82, 2.24) is 4.98 Å².